The highest BCUT2D eigenvalue weighted by atomic mass is 79.9. The first kappa shape index (κ1) is 19.8. The third-order valence-corrected chi connectivity index (χ3v) is 6.83. The van der Waals surface area contributed by atoms with Gasteiger partial charge in [-0.3, -0.25) is 4.79 Å². The van der Waals surface area contributed by atoms with E-state index in [0.29, 0.717) is 6.54 Å². The Balaban J connectivity index is 1.68. The number of aryl methyl sites for hydroxylation is 1. The molecule has 0 unspecified atom stereocenters. The van der Waals surface area contributed by atoms with E-state index in [-0.39, 0.29) is 5.91 Å². The number of fused-ring (bicyclic) bond motifs is 2. The van der Waals surface area contributed by atoms with E-state index in [4.69, 9.17) is 0 Å². The van der Waals surface area contributed by atoms with Crippen LogP contribution >= 0.6 is 15.9 Å². The summed E-state index contributed by atoms with van der Waals surface area (Å²) in [6.07, 6.45) is 2.05. The normalized spacial score (nSPS) is 14.6. The van der Waals surface area contributed by atoms with Crippen LogP contribution in [0.25, 0.3) is 28.1 Å². The number of aromatic nitrogens is 1. The Morgan fingerprint density at radius 3 is 2.39 bits per heavy atom. The zero-order valence-electron chi connectivity index (χ0n) is 17.8. The maximum absolute atomic E-state index is 13.1. The van der Waals surface area contributed by atoms with Gasteiger partial charge in [-0.2, -0.15) is 0 Å². The molecule has 4 heteroatoms. The van der Waals surface area contributed by atoms with Gasteiger partial charge in [-0.1, -0.05) is 58.4 Å². The predicted octanol–water partition coefficient (Wildman–Crippen LogP) is 6.92. The highest BCUT2D eigenvalue weighted by Gasteiger charge is 2.31. The first-order chi connectivity index (χ1) is 15.0. The van der Waals surface area contributed by atoms with E-state index >= 15 is 0 Å². The van der Waals surface area contributed by atoms with Crippen molar-refractivity contribution < 1.29 is 4.79 Å². The summed E-state index contributed by atoms with van der Waals surface area (Å²) in [6, 6.07) is 22.9. The Labute approximate surface area is 190 Å². The van der Waals surface area contributed by atoms with Gasteiger partial charge in [0.2, 0.25) is 0 Å². The Hall–Kier alpha value is -3.11. The van der Waals surface area contributed by atoms with Crippen LogP contribution in [0.2, 0.25) is 0 Å². The molecule has 0 fully saturated rings. The Kier molecular flexibility index (Phi) is 4.82. The van der Waals surface area contributed by atoms with Crippen LogP contribution in [0.3, 0.4) is 0 Å². The molecule has 0 spiro atoms. The molecule has 31 heavy (non-hydrogen) atoms. The summed E-state index contributed by atoms with van der Waals surface area (Å²) in [5, 5.41) is 2.38. The zero-order chi connectivity index (χ0) is 21.7. The molecular formula is C27H23BrN2O. The van der Waals surface area contributed by atoms with E-state index in [1.807, 2.05) is 36.1 Å². The molecule has 0 radical (unpaired) electrons. The van der Waals surface area contributed by atoms with E-state index in [0.717, 1.165) is 43.9 Å². The number of likely N-dealkylation sites (N-methyl/N-ethyl adjacent to an activating group) is 1. The van der Waals surface area contributed by atoms with Crippen LogP contribution in [0.4, 0.5) is 5.69 Å². The average Bonchev–Trinajstić information content (AvgIpc) is 3.21. The molecule has 0 saturated carbocycles. The van der Waals surface area contributed by atoms with Crippen molar-refractivity contribution >= 4 is 49.9 Å². The van der Waals surface area contributed by atoms with Crippen LogP contribution in [-0.2, 0) is 4.79 Å². The molecular weight excluding hydrogens is 448 g/mol. The van der Waals surface area contributed by atoms with Crippen LogP contribution < -0.4 is 4.90 Å². The van der Waals surface area contributed by atoms with Gasteiger partial charge in [-0.05, 0) is 62.1 Å². The molecule has 1 amide bonds. The minimum Gasteiger partial charge on any atom is -0.317 e. The number of hydrogen-bond acceptors (Lipinski definition) is 1. The Morgan fingerprint density at radius 1 is 0.903 bits per heavy atom. The van der Waals surface area contributed by atoms with E-state index in [1.165, 1.54) is 10.8 Å². The van der Waals surface area contributed by atoms with Crippen molar-refractivity contribution in [1.82, 2.24) is 4.57 Å². The number of benzene rings is 3. The fraction of sp³-hybridized carbons (Fsp3) is 0.148. The molecule has 1 aliphatic rings. The molecule has 0 atom stereocenters. The van der Waals surface area contributed by atoms with Crippen LogP contribution in [0.15, 0.2) is 71.2 Å². The second-order valence-electron chi connectivity index (χ2n) is 7.90. The number of halogens is 1. The zero-order valence-corrected chi connectivity index (χ0v) is 19.4. The number of hydrogen-bond donors (Lipinski definition) is 0. The monoisotopic (exact) mass is 470 g/mol. The molecule has 4 aromatic rings. The summed E-state index contributed by atoms with van der Waals surface area (Å²) in [6.45, 7) is 6.92. The predicted molar refractivity (Wildman–Crippen MR) is 133 cm³/mol. The maximum atomic E-state index is 13.1. The minimum atomic E-state index is 0.0718. The van der Waals surface area contributed by atoms with Crippen molar-refractivity contribution in [3.63, 3.8) is 0 Å². The van der Waals surface area contributed by atoms with Crippen molar-refractivity contribution in [2.75, 3.05) is 11.4 Å². The first-order valence-corrected chi connectivity index (χ1v) is 11.3. The lowest BCUT2D eigenvalue weighted by atomic mass is 10.0. The van der Waals surface area contributed by atoms with Gasteiger partial charge in [-0.25, -0.2) is 0 Å². The summed E-state index contributed by atoms with van der Waals surface area (Å²) in [4.78, 5) is 15.0. The van der Waals surface area contributed by atoms with Crippen molar-refractivity contribution in [3.8, 4) is 5.69 Å². The van der Waals surface area contributed by atoms with Gasteiger partial charge in [0.25, 0.3) is 5.91 Å². The highest BCUT2D eigenvalue weighted by Crippen LogP contribution is 2.38. The van der Waals surface area contributed by atoms with Gasteiger partial charge >= 0.3 is 0 Å². The van der Waals surface area contributed by atoms with E-state index in [2.05, 4.69) is 82.9 Å². The molecule has 2 heterocycles. The topological polar surface area (TPSA) is 25.2 Å². The molecule has 0 aliphatic carbocycles. The Morgan fingerprint density at radius 2 is 1.61 bits per heavy atom. The van der Waals surface area contributed by atoms with E-state index in [1.54, 1.807) is 0 Å². The third kappa shape index (κ3) is 3.05. The molecule has 3 aromatic carbocycles. The van der Waals surface area contributed by atoms with Crippen LogP contribution in [0.5, 0.6) is 0 Å². The lowest BCUT2D eigenvalue weighted by molar-refractivity contribution is -0.112. The molecule has 1 aliphatic heterocycles. The standard InChI is InChI=1S/C27H23BrN2O/c1-4-29-25-12-8-7-11-22(25)23(27(29)31)16-19-15-17(2)30(18(19)3)26-14-13-24(28)20-9-5-6-10-21(20)26/h5-16H,4H2,1-3H3/b23-16+. The van der Waals surface area contributed by atoms with Crippen LogP contribution in [0.1, 0.15) is 29.4 Å². The summed E-state index contributed by atoms with van der Waals surface area (Å²) in [5.41, 5.74) is 7.24. The number of carbonyl (C=O) groups is 1. The molecule has 154 valence electrons. The van der Waals surface area contributed by atoms with Gasteiger partial charge in [0, 0.05) is 38.9 Å². The quantitative estimate of drug-likeness (QED) is 0.298. The van der Waals surface area contributed by atoms with Crippen molar-refractivity contribution in [3.05, 3.63) is 93.7 Å². The third-order valence-electron chi connectivity index (χ3n) is 6.14. The molecule has 3 nitrogen and oxygen atoms in total. The fourth-order valence-corrected chi connectivity index (χ4v) is 5.14. The van der Waals surface area contributed by atoms with E-state index in [9.17, 15) is 4.79 Å². The molecule has 0 bridgehead atoms. The smallest absolute Gasteiger partial charge is 0.258 e. The van der Waals surface area contributed by atoms with Crippen molar-refractivity contribution in [2.45, 2.75) is 20.8 Å². The van der Waals surface area contributed by atoms with Crippen LogP contribution in [0, 0.1) is 13.8 Å². The van der Waals surface area contributed by atoms with Crippen molar-refractivity contribution in [2.24, 2.45) is 0 Å². The second-order valence-corrected chi connectivity index (χ2v) is 8.75. The number of carbonyl (C=O) groups excluding carboxylic acids is 1. The molecule has 5 rings (SSSR count). The molecule has 0 N–H and O–H groups in total. The first-order valence-electron chi connectivity index (χ1n) is 10.5. The van der Waals surface area contributed by atoms with Gasteiger partial charge < -0.3 is 9.47 Å². The SMILES string of the molecule is CCN1C(=O)/C(=C/c2cc(C)n(-c3ccc(Br)c4ccccc34)c2C)c2ccccc21. The Bertz CT molecular complexity index is 1380. The average molecular weight is 471 g/mol. The highest BCUT2D eigenvalue weighted by molar-refractivity contribution is 9.10. The maximum Gasteiger partial charge on any atom is 0.258 e. The second kappa shape index (κ2) is 7.54. The fourth-order valence-electron chi connectivity index (χ4n) is 4.66. The summed E-state index contributed by atoms with van der Waals surface area (Å²) < 4.78 is 3.37. The number of anilines is 1. The van der Waals surface area contributed by atoms with Gasteiger partial charge in [0.15, 0.2) is 0 Å². The summed E-state index contributed by atoms with van der Waals surface area (Å²) in [5.74, 6) is 0.0718. The number of para-hydroxylation sites is 1. The van der Waals surface area contributed by atoms with Crippen molar-refractivity contribution in [1.29, 1.82) is 0 Å². The van der Waals surface area contributed by atoms with Crippen LogP contribution in [-0.4, -0.2) is 17.0 Å². The number of amides is 1. The molecule has 0 saturated heterocycles. The number of nitrogens with zero attached hydrogens (tertiary/aromatic N) is 2. The van der Waals surface area contributed by atoms with Gasteiger partial charge in [0.1, 0.15) is 0 Å². The lowest BCUT2D eigenvalue weighted by Crippen LogP contribution is -2.25. The van der Waals surface area contributed by atoms with E-state index < -0.39 is 0 Å². The number of rotatable bonds is 3. The minimum absolute atomic E-state index is 0.0718. The summed E-state index contributed by atoms with van der Waals surface area (Å²) in [7, 11) is 0. The lowest BCUT2D eigenvalue weighted by Gasteiger charge is -2.14. The molecule has 1 aromatic heterocycles. The van der Waals surface area contributed by atoms with Gasteiger partial charge in [-0.15, -0.1) is 0 Å². The largest absolute Gasteiger partial charge is 0.317 e. The van der Waals surface area contributed by atoms with Gasteiger partial charge in [0.05, 0.1) is 11.4 Å². The summed E-state index contributed by atoms with van der Waals surface area (Å²) >= 11 is 3.68.